The normalized spacial score (nSPS) is 12.2. The van der Waals surface area contributed by atoms with Crippen molar-refractivity contribution < 1.29 is 8.42 Å². The Labute approximate surface area is 150 Å². The van der Waals surface area contributed by atoms with Gasteiger partial charge in [0.2, 0.25) is 0 Å². The van der Waals surface area contributed by atoms with Crippen molar-refractivity contribution in [3.05, 3.63) is 53.9 Å². The first-order valence-corrected chi connectivity index (χ1v) is 10.1. The Morgan fingerprint density at radius 3 is 2.44 bits per heavy atom. The van der Waals surface area contributed by atoms with Crippen LogP contribution in [0.3, 0.4) is 0 Å². The molecule has 2 aromatic rings. The molecule has 136 valence electrons. The van der Waals surface area contributed by atoms with Gasteiger partial charge in [-0.3, -0.25) is 0 Å². The molecule has 0 bridgehead atoms. The molecule has 0 saturated carbocycles. The molecule has 1 heterocycles. The van der Waals surface area contributed by atoms with Crippen LogP contribution in [0.2, 0.25) is 0 Å². The predicted octanol–water partition coefficient (Wildman–Crippen LogP) is 2.03. The summed E-state index contributed by atoms with van der Waals surface area (Å²) < 4.78 is 25.1. The molecule has 25 heavy (non-hydrogen) atoms. The highest BCUT2D eigenvalue weighted by atomic mass is 32.2. The lowest BCUT2D eigenvalue weighted by Crippen LogP contribution is -2.38. The van der Waals surface area contributed by atoms with Crippen LogP contribution in [0.5, 0.6) is 0 Å². The van der Waals surface area contributed by atoms with E-state index in [0.29, 0.717) is 11.4 Å². The zero-order valence-corrected chi connectivity index (χ0v) is 16.0. The highest BCUT2D eigenvalue weighted by molar-refractivity contribution is 7.90. The maximum Gasteiger partial charge on any atom is 0.194 e. The fourth-order valence-corrected chi connectivity index (χ4v) is 3.09. The lowest BCUT2D eigenvalue weighted by molar-refractivity contribution is 0.462. The second kappa shape index (κ2) is 8.20. The van der Waals surface area contributed by atoms with Crippen molar-refractivity contribution in [3.8, 4) is 0 Å². The van der Waals surface area contributed by atoms with E-state index in [1.54, 1.807) is 24.3 Å². The fourth-order valence-electron chi connectivity index (χ4n) is 2.46. The second-order valence-electron chi connectivity index (χ2n) is 6.05. The number of nitrogens with one attached hydrogen (secondary N) is 1. The largest absolute Gasteiger partial charge is 0.357 e. The fraction of sp³-hybridized carbons (Fsp3) is 0.389. The van der Waals surface area contributed by atoms with E-state index in [1.807, 2.05) is 33.3 Å². The minimum absolute atomic E-state index is 0.327. The van der Waals surface area contributed by atoms with Crippen LogP contribution in [0, 0.1) is 0 Å². The molecule has 0 fully saturated rings. The van der Waals surface area contributed by atoms with E-state index in [1.165, 1.54) is 11.9 Å². The van der Waals surface area contributed by atoms with E-state index in [2.05, 4.69) is 25.8 Å². The zero-order valence-electron chi connectivity index (χ0n) is 15.2. The van der Waals surface area contributed by atoms with Gasteiger partial charge < -0.3 is 14.8 Å². The Hall–Kier alpha value is -2.28. The van der Waals surface area contributed by atoms with Crippen molar-refractivity contribution in [2.24, 2.45) is 12.0 Å². The smallest absolute Gasteiger partial charge is 0.194 e. The van der Waals surface area contributed by atoms with Gasteiger partial charge in [-0.25, -0.2) is 13.4 Å². The Balaban J connectivity index is 2.09. The molecule has 1 aromatic heterocycles. The molecule has 0 unspecified atom stereocenters. The number of guanidine groups is 1. The quantitative estimate of drug-likeness (QED) is 0.631. The van der Waals surface area contributed by atoms with Gasteiger partial charge in [0.15, 0.2) is 15.8 Å². The highest BCUT2D eigenvalue weighted by Crippen LogP contribution is 2.11. The number of sulfone groups is 1. The summed E-state index contributed by atoms with van der Waals surface area (Å²) >= 11 is 0. The van der Waals surface area contributed by atoms with Gasteiger partial charge in [-0.2, -0.15) is 0 Å². The topological polar surface area (TPSA) is 66.7 Å². The second-order valence-corrected chi connectivity index (χ2v) is 8.07. The third-order valence-electron chi connectivity index (χ3n) is 3.91. The summed E-state index contributed by atoms with van der Waals surface area (Å²) in [4.78, 5) is 7.06. The molecule has 0 spiro atoms. The Kier molecular flexibility index (Phi) is 6.25. The van der Waals surface area contributed by atoms with Gasteiger partial charge in [-0.15, -0.1) is 0 Å². The molecule has 2 rings (SSSR count). The van der Waals surface area contributed by atoms with Gasteiger partial charge in [-0.1, -0.05) is 12.1 Å². The Bertz CT molecular complexity index is 823. The van der Waals surface area contributed by atoms with Crippen LogP contribution in [-0.2, 0) is 30.0 Å². The van der Waals surface area contributed by atoms with Gasteiger partial charge in [0.1, 0.15) is 0 Å². The van der Waals surface area contributed by atoms with Crippen molar-refractivity contribution in [2.45, 2.75) is 24.9 Å². The van der Waals surface area contributed by atoms with E-state index >= 15 is 0 Å². The standard InChI is InChI=1S/C18H26N4O2S/c1-5-19-18(22(3)14-16-7-6-12-21(16)2)20-13-15-8-10-17(11-9-15)25(4,23)24/h6-12H,5,13-14H2,1-4H3,(H,19,20). The first-order valence-electron chi connectivity index (χ1n) is 8.20. The van der Waals surface area contributed by atoms with Gasteiger partial charge in [0.25, 0.3) is 0 Å². The molecule has 0 radical (unpaired) electrons. The molecular formula is C18H26N4O2S. The van der Waals surface area contributed by atoms with Crippen molar-refractivity contribution in [2.75, 3.05) is 19.8 Å². The number of aliphatic imine (C=N–C) groups is 1. The van der Waals surface area contributed by atoms with Crippen molar-refractivity contribution in [1.29, 1.82) is 0 Å². The molecule has 7 heteroatoms. The monoisotopic (exact) mass is 362 g/mol. The van der Waals surface area contributed by atoms with Gasteiger partial charge in [0, 0.05) is 38.8 Å². The molecule has 0 aliphatic carbocycles. The van der Waals surface area contributed by atoms with E-state index in [0.717, 1.165) is 24.6 Å². The number of aromatic nitrogens is 1. The van der Waals surface area contributed by atoms with Crippen LogP contribution < -0.4 is 5.32 Å². The number of benzene rings is 1. The lowest BCUT2D eigenvalue weighted by atomic mass is 10.2. The number of hydrogen-bond acceptors (Lipinski definition) is 3. The average Bonchev–Trinajstić information content (AvgIpc) is 2.96. The predicted molar refractivity (Wildman–Crippen MR) is 101 cm³/mol. The molecule has 0 aliphatic rings. The van der Waals surface area contributed by atoms with Crippen molar-refractivity contribution in [1.82, 2.24) is 14.8 Å². The van der Waals surface area contributed by atoms with Crippen LogP contribution in [-0.4, -0.2) is 43.7 Å². The molecule has 0 saturated heterocycles. The Morgan fingerprint density at radius 1 is 1.24 bits per heavy atom. The van der Waals surface area contributed by atoms with Gasteiger partial charge in [-0.05, 0) is 36.8 Å². The summed E-state index contributed by atoms with van der Waals surface area (Å²) in [5, 5.41) is 3.29. The first-order chi connectivity index (χ1) is 11.8. The zero-order chi connectivity index (χ0) is 18.4. The molecule has 1 N–H and O–H groups in total. The number of hydrogen-bond donors (Lipinski definition) is 1. The third-order valence-corrected chi connectivity index (χ3v) is 5.04. The third kappa shape index (κ3) is 5.35. The van der Waals surface area contributed by atoms with Gasteiger partial charge in [0.05, 0.1) is 18.0 Å². The molecule has 0 amide bonds. The van der Waals surface area contributed by atoms with E-state index in [9.17, 15) is 8.42 Å². The minimum Gasteiger partial charge on any atom is -0.357 e. The summed E-state index contributed by atoms with van der Waals surface area (Å²) in [7, 11) is 0.861. The lowest BCUT2D eigenvalue weighted by Gasteiger charge is -2.22. The maximum absolute atomic E-state index is 11.5. The first kappa shape index (κ1) is 19.1. The SMILES string of the molecule is CCNC(=NCc1ccc(S(C)(=O)=O)cc1)N(C)Cc1cccn1C. The van der Waals surface area contributed by atoms with Crippen LogP contribution in [0.25, 0.3) is 0 Å². The number of aryl methyl sites for hydroxylation is 1. The summed E-state index contributed by atoms with van der Waals surface area (Å²) in [6.45, 7) is 4.06. The van der Waals surface area contributed by atoms with E-state index in [-0.39, 0.29) is 0 Å². The molecule has 6 nitrogen and oxygen atoms in total. The highest BCUT2D eigenvalue weighted by Gasteiger charge is 2.09. The van der Waals surface area contributed by atoms with E-state index < -0.39 is 9.84 Å². The minimum atomic E-state index is -3.16. The molecule has 0 atom stereocenters. The van der Waals surface area contributed by atoms with Crippen LogP contribution in [0.1, 0.15) is 18.2 Å². The molecule has 1 aromatic carbocycles. The number of rotatable bonds is 6. The molecule has 0 aliphatic heterocycles. The maximum atomic E-state index is 11.5. The van der Waals surface area contributed by atoms with Crippen LogP contribution >= 0.6 is 0 Å². The van der Waals surface area contributed by atoms with Crippen molar-refractivity contribution in [3.63, 3.8) is 0 Å². The summed E-state index contributed by atoms with van der Waals surface area (Å²) in [5.41, 5.74) is 2.17. The summed E-state index contributed by atoms with van der Waals surface area (Å²) in [6.07, 6.45) is 3.23. The van der Waals surface area contributed by atoms with Gasteiger partial charge >= 0.3 is 0 Å². The number of nitrogens with zero attached hydrogens (tertiary/aromatic N) is 3. The molecular weight excluding hydrogens is 336 g/mol. The van der Waals surface area contributed by atoms with Crippen LogP contribution in [0.4, 0.5) is 0 Å². The Morgan fingerprint density at radius 2 is 1.92 bits per heavy atom. The summed E-state index contributed by atoms with van der Waals surface area (Å²) in [6, 6.07) is 11.0. The average molecular weight is 362 g/mol. The van der Waals surface area contributed by atoms with Crippen molar-refractivity contribution >= 4 is 15.8 Å². The van der Waals surface area contributed by atoms with Crippen LogP contribution in [0.15, 0.2) is 52.5 Å². The summed E-state index contributed by atoms with van der Waals surface area (Å²) in [5.74, 6) is 0.816. The van der Waals surface area contributed by atoms with E-state index in [4.69, 9.17) is 0 Å².